The number of hydrogen-bond acceptors (Lipinski definition) is 7. The zero-order valence-electron chi connectivity index (χ0n) is 18.2. The minimum Gasteiger partial charge on any atom is -0.465 e. The summed E-state index contributed by atoms with van der Waals surface area (Å²) in [5, 5.41) is 3.27. The Kier molecular flexibility index (Phi) is 7.19. The van der Waals surface area contributed by atoms with Gasteiger partial charge in [-0.05, 0) is 31.0 Å². The standard InChI is InChI=1S/C24H24N4O4S/c1-2-32-21(30)15-33-24-27-18-11-7-6-10-17(18)22-26-19(23(31)28(22)24)12-13-20(29)25-14-16-8-4-3-5-9-16/h3-11,19H,2,12-15H2,1H3,(H,25,29)/t19-/m0/s1. The van der Waals surface area contributed by atoms with Gasteiger partial charge in [-0.25, -0.2) is 9.89 Å². The van der Waals surface area contributed by atoms with E-state index in [1.165, 1.54) is 4.90 Å². The fourth-order valence-corrected chi connectivity index (χ4v) is 4.36. The van der Waals surface area contributed by atoms with Crippen molar-refractivity contribution >= 4 is 46.2 Å². The largest absolute Gasteiger partial charge is 0.465 e. The molecule has 2 heterocycles. The van der Waals surface area contributed by atoms with E-state index in [9.17, 15) is 14.4 Å². The fraction of sp³-hybridized carbons (Fsp3) is 0.292. The van der Waals surface area contributed by atoms with Crippen molar-refractivity contribution in [1.82, 2.24) is 10.2 Å². The van der Waals surface area contributed by atoms with Gasteiger partial charge in [0, 0.05) is 18.5 Å². The van der Waals surface area contributed by atoms with Gasteiger partial charge in [0.1, 0.15) is 11.9 Å². The first-order chi connectivity index (χ1) is 16.1. The van der Waals surface area contributed by atoms with E-state index in [0.717, 1.165) is 22.9 Å². The summed E-state index contributed by atoms with van der Waals surface area (Å²) in [6.07, 6.45) is 0.468. The van der Waals surface area contributed by atoms with Crippen LogP contribution in [0.15, 0.2) is 64.6 Å². The molecular formula is C24H24N4O4S. The molecule has 4 rings (SSSR count). The second kappa shape index (κ2) is 10.4. The number of esters is 1. The Balaban J connectivity index is 1.44. The molecule has 2 aliphatic heterocycles. The van der Waals surface area contributed by atoms with E-state index in [0.29, 0.717) is 29.8 Å². The summed E-state index contributed by atoms with van der Waals surface area (Å²) in [6, 6.07) is 16.4. The molecule has 9 heteroatoms. The van der Waals surface area contributed by atoms with E-state index < -0.39 is 6.04 Å². The zero-order chi connectivity index (χ0) is 23.2. The third kappa shape index (κ3) is 5.31. The van der Waals surface area contributed by atoms with Crippen molar-refractivity contribution in [3.8, 4) is 0 Å². The highest BCUT2D eigenvalue weighted by atomic mass is 32.2. The van der Waals surface area contributed by atoms with Crippen LogP contribution in [-0.4, -0.2) is 52.1 Å². The Bertz CT molecular complexity index is 1120. The third-order valence-electron chi connectivity index (χ3n) is 5.15. The molecule has 1 N–H and O–H groups in total. The molecule has 0 fully saturated rings. The summed E-state index contributed by atoms with van der Waals surface area (Å²) >= 11 is 1.14. The third-order valence-corrected chi connectivity index (χ3v) is 6.06. The first-order valence-electron chi connectivity index (χ1n) is 10.8. The molecule has 2 aromatic rings. The van der Waals surface area contributed by atoms with Crippen molar-refractivity contribution in [2.75, 3.05) is 12.4 Å². The van der Waals surface area contributed by atoms with Gasteiger partial charge < -0.3 is 10.1 Å². The second-order valence-electron chi connectivity index (χ2n) is 7.45. The molecule has 0 radical (unpaired) electrons. The number of carbonyl (C=O) groups excluding carboxylic acids is 3. The fourth-order valence-electron chi connectivity index (χ4n) is 3.57. The number of amides is 2. The van der Waals surface area contributed by atoms with Gasteiger partial charge in [-0.3, -0.25) is 19.4 Å². The number of nitrogens with zero attached hydrogens (tertiary/aromatic N) is 3. The number of benzene rings is 2. The number of rotatable bonds is 8. The molecule has 8 nitrogen and oxygen atoms in total. The molecule has 0 unspecified atom stereocenters. The molecule has 2 amide bonds. The Morgan fingerprint density at radius 2 is 1.88 bits per heavy atom. The lowest BCUT2D eigenvalue weighted by atomic mass is 10.1. The van der Waals surface area contributed by atoms with Crippen LogP contribution in [0.2, 0.25) is 0 Å². The van der Waals surface area contributed by atoms with Crippen molar-refractivity contribution < 1.29 is 19.1 Å². The zero-order valence-corrected chi connectivity index (χ0v) is 19.0. The number of para-hydroxylation sites is 1. The number of carbonyl (C=O) groups is 3. The summed E-state index contributed by atoms with van der Waals surface area (Å²) in [7, 11) is 0. The molecule has 2 aliphatic rings. The van der Waals surface area contributed by atoms with Gasteiger partial charge in [0.2, 0.25) is 5.91 Å². The summed E-state index contributed by atoms with van der Waals surface area (Å²) in [6.45, 7) is 2.47. The van der Waals surface area contributed by atoms with Crippen LogP contribution in [0.3, 0.4) is 0 Å². The minimum atomic E-state index is -0.679. The van der Waals surface area contributed by atoms with Crippen LogP contribution < -0.4 is 5.32 Å². The first-order valence-corrected chi connectivity index (χ1v) is 11.7. The van der Waals surface area contributed by atoms with Crippen LogP contribution in [0.1, 0.15) is 30.9 Å². The van der Waals surface area contributed by atoms with Crippen molar-refractivity contribution in [3.05, 3.63) is 65.7 Å². The second-order valence-corrected chi connectivity index (χ2v) is 8.39. The maximum atomic E-state index is 13.2. The average Bonchev–Trinajstić information content (AvgIpc) is 3.17. The van der Waals surface area contributed by atoms with Gasteiger partial charge >= 0.3 is 5.97 Å². The van der Waals surface area contributed by atoms with E-state index in [4.69, 9.17) is 4.74 Å². The van der Waals surface area contributed by atoms with Crippen LogP contribution in [0.25, 0.3) is 0 Å². The van der Waals surface area contributed by atoms with E-state index in [1.54, 1.807) is 6.92 Å². The maximum absolute atomic E-state index is 13.2. The number of nitrogens with one attached hydrogen (secondary N) is 1. The highest BCUT2D eigenvalue weighted by Gasteiger charge is 2.41. The van der Waals surface area contributed by atoms with E-state index >= 15 is 0 Å². The van der Waals surface area contributed by atoms with Crippen LogP contribution in [0.4, 0.5) is 5.69 Å². The molecule has 0 saturated carbocycles. The quantitative estimate of drug-likeness (QED) is 0.606. The normalized spacial score (nSPS) is 16.5. The molecule has 0 saturated heterocycles. The number of amidine groups is 2. The molecule has 0 spiro atoms. The molecule has 33 heavy (non-hydrogen) atoms. The molecule has 0 aliphatic carbocycles. The van der Waals surface area contributed by atoms with Crippen molar-refractivity contribution in [1.29, 1.82) is 0 Å². The Hall–Kier alpha value is -3.46. The lowest BCUT2D eigenvalue weighted by Gasteiger charge is -2.25. The van der Waals surface area contributed by atoms with Gasteiger partial charge in [0.25, 0.3) is 5.91 Å². The first kappa shape index (κ1) is 22.7. The highest BCUT2D eigenvalue weighted by Crippen LogP contribution is 2.34. The Morgan fingerprint density at radius 1 is 1.12 bits per heavy atom. The predicted molar refractivity (Wildman–Crippen MR) is 127 cm³/mol. The Morgan fingerprint density at radius 3 is 2.67 bits per heavy atom. The smallest absolute Gasteiger partial charge is 0.316 e. The minimum absolute atomic E-state index is 0.0401. The Labute approximate surface area is 196 Å². The summed E-state index contributed by atoms with van der Waals surface area (Å²) in [5.74, 6) is -0.209. The molecular weight excluding hydrogens is 440 g/mol. The lowest BCUT2D eigenvalue weighted by Crippen LogP contribution is -2.41. The molecule has 1 atom stereocenters. The molecule has 0 aromatic heterocycles. The van der Waals surface area contributed by atoms with E-state index in [2.05, 4.69) is 15.3 Å². The monoisotopic (exact) mass is 464 g/mol. The van der Waals surface area contributed by atoms with Gasteiger partial charge in [-0.15, -0.1) is 0 Å². The molecule has 2 aromatic carbocycles. The topological polar surface area (TPSA) is 100 Å². The predicted octanol–water partition coefficient (Wildman–Crippen LogP) is 3.04. The van der Waals surface area contributed by atoms with Crippen LogP contribution >= 0.6 is 11.8 Å². The van der Waals surface area contributed by atoms with Gasteiger partial charge in [-0.2, -0.15) is 0 Å². The number of fused-ring (bicyclic) bond motifs is 3. The van der Waals surface area contributed by atoms with E-state index in [1.807, 2.05) is 54.6 Å². The average molecular weight is 465 g/mol. The van der Waals surface area contributed by atoms with E-state index in [-0.39, 0.29) is 36.4 Å². The summed E-state index contributed by atoms with van der Waals surface area (Å²) in [4.78, 5) is 48.0. The number of aliphatic imine (C=N–C) groups is 2. The molecule has 0 bridgehead atoms. The molecule has 170 valence electrons. The van der Waals surface area contributed by atoms with Crippen LogP contribution in [0.5, 0.6) is 0 Å². The maximum Gasteiger partial charge on any atom is 0.316 e. The summed E-state index contributed by atoms with van der Waals surface area (Å²) < 4.78 is 4.99. The summed E-state index contributed by atoms with van der Waals surface area (Å²) in [5.41, 5.74) is 2.45. The SMILES string of the molecule is CCOC(=O)CSC1=Nc2ccccc2C2=N[C@@H](CCC(=O)NCc3ccccc3)C(=O)N12. The van der Waals surface area contributed by atoms with Crippen LogP contribution in [0, 0.1) is 0 Å². The van der Waals surface area contributed by atoms with Crippen molar-refractivity contribution in [2.45, 2.75) is 32.4 Å². The van der Waals surface area contributed by atoms with Gasteiger partial charge in [-0.1, -0.05) is 54.2 Å². The lowest BCUT2D eigenvalue weighted by molar-refractivity contribution is -0.139. The number of hydrogen-bond donors (Lipinski definition) is 1. The van der Waals surface area contributed by atoms with Gasteiger partial charge in [0.15, 0.2) is 5.17 Å². The van der Waals surface area contributed by atoms with Crippen molar-refractivity contribution in [2.24, 2.45) is 9.98 Å². The number of thioether (sulfide) groups is 1. The highest BCUT2D eigenvalue weighted by molar-refractivity contribution is 8.14. The van der Waals surface area contributed by atoms with Crippen molar-refractivity contribution in [3.63, 3.8) is 0 Å². The number of ether oxygens (including phenoxy) is 1. The van der Waals surface area contributed by atoms with Gasteiger partial charge in [0.05, 0.1) is 18.0 Å². The van der Waals surface area contributed by atoms with Crippen LogP contribution in [-0.2, 0) is 25.7 Å².